The van der Waals surface area contributed by atoms with Gasteiger partial charge in [-0.05, 0) is 18.6 Å². The molecule has 0 saturated carbocycles. The van der Waals surface area contributed by atoms with Crippen LogP contribution in [-0.2, 0) is 42.9 Å². The lowest BCUT2D eigenvalue weighted by Gasteiger charge is -2.44. The van der Waals surface area contributed by atoms with Crippen LogP contribution in [0.15, 0.2) is 0 Å². The van der Waals surface area contributed by atoms with E-state index in [-0.39, 0.29) is 13.2 Å². The monoisotopic (exact) mass is 464 g/mol. The van der Waals surface area contributed by atoms with Crippen molar-refractivity contribution in [1.29, 1.82) is 0 Å². The maximum Gasteiger partial charge on any atom is 0.303 e. The molecule has 0 radical (unpaired) electrons. The van der Waals surface area contributed by atoms with E-state index in [9.17, 15) is 19.2 Å². The molecule has 1 rings (SSSR count). The molecule has 1 N–H and O–H groups in total. The van der Waals surface area contributed by atoms with Gasteiger partial charge in [0.05, 0.1) is 0 Å². The summed E-state index contributed by atoms with van der Waals surface area (Å²) in [6.07, 6.45) is -0.869. The fraction of sp³-hybridized carbons (Fsp3) is 0.800. The van der Waals surface area contributed by atoms with Crippen molar-refractivity contribution < 1.29 is 48.0 Å². The highest BCUT2D eigenvalue weighted by molar-refractivity contribution is 7.99. The minimum absolute atomic E-state index is 0.146. The number of carbonyl (C=O) groups excluding carboxylic acids is 4. The Balaban J connectivity index is 3.07. The molecule has 10 nitrogen and oxygen atoms in total. The van der Waals surface area contributed by atoms with Crippen LogP contribution < -0.4 is 0 Å². The highest BCUT2D eigenvalue weighted by atomic mass is 32.2. The van der Waals surface area contributed by atoms with E-state index >= 15 is 0 Å². The Morgan fingerprint density at radius 3 is 1.87 bits per heavy atom. The zero-order valence-corrected chi connectivity index (χ0v) is 19.2. The molecule has 1 saturated heterocycles. The fourth-order valence-corrected chi connectivity index (χ4v) is 4.31. The van der Waals surface area contributed by atoms with Crippen molar-refractivity contribution in [2.75, 3.05) is 19.0 Å². The largest absolute Gasteiger partial charge is 0.463 e. The number of hydrogen-bond acceptors (Lipinski definition) is 11. The highest BCUT2D eigenvalue weighted by Crippen LogP contribution is 2.34. The third kappa shape index (κ3) is 10.3. The molecule has 1 fully saturated rings. The van der Waals surface area contributed by atoms with Gasteiger partial charge in [-0.25, -0.2) is 0 Å². The Hall–Kier alpha value is -1.85. The summed E-state index contributed by atoms with van der Waals surface area (Å²) in [5, 5.41) is 8.87. The predicted octanol–water partition coefficient (Wildman–Crippen LogP) is 1.36. The number of unbranched alkanes of at least 4 members (excludes halogenated alkanes) is 3. The SMILES string of the molecule is CC(=O)OC[C@H]1O[C@@H](SCCCCCCO)[C@H](OC(C)=O)[C@@H](OC(C)=O)[C@H]1OC(C)=O. The van der Waals surface area contributed by atoms with E-state index in [4.69, 9.17) is 28.8 Å². The maximum atomic E-state index is 11.8. The number of aliphatic hydroxyl groups excluding tert-OH is 1. The second kappa shape index (κ2) is 14.3. The van der Waals surface area contributed by atoms with E-state index < -0.39 is 53.7 Å². The van der Waals surface area contributed by atoms with E-state index in [2.05, 4.69) is 0 Å². The summed E-state index contributed by atoms with van der Waals surface area (Å²) in [7, 11) is 0. The molecule has 1 aliphatic heterocycles. The molecule has 31 heavy (non-hydrogen) atoms. The van der Waals surface area contributed by atoms with E-state index in [0.29, 0.717) is 5.75 Å². The fourth-order valence-electron chi connectivity index (χ4n) is 3.09. The van der Waals surface area contributed by atoms with Gasteiger partial charge in [-0.2, -0.15) is 0 Å². The maximum absolute atomic E-state index is 11.8. The number of carbonyl (C=O) groups is 4. The molecular formula is C20H32O10S. The minimum atomic E-state index is -1.13. The normalized spacial score (nSPS) is 25.4. The van der Waals surface area contributed by atoms with Gasteiger partial charge in [-0.1, -0.05) is 12.8 Å². The van der Waals surface area contributed by atoms with Gasteiger partial charge >= 0.3 is 23.9 Å². The van der Waals surface area contributed by atoms with Crippen molar-refractivity contribution in [3.8, 4) is 0 Å². The zero-order chi connectivity index (χ0) is 23.4. The molecular weight excluding hydrogens is 432 g/mol. The number of esters is 4. The number of ether oxygens (including phenoxy) is 5. The predicted molar refractivity (Wildman–Crippen MR) is 110 cm³/mol. The molecule has 178 valence electrons. The van der Waals surface area contributed by atoms with Crippen molar-refractivity contribution >= 4 is 35.6 Å². The second-order valence-corrected chi connectivity index (χ2v) is 8.28. The van der Waals surface area contributed by atoms with Crippen LogP contribution in [0.3, 0.4) is 0 Å². The zero-order valence-electron chi connectivity index (χ0n) is 18.4. The van der Waals surface area contributed by atoms with Crippen molar-refractivity contribution in [1.82, 2.24) is 0 Å². The lowest BCUT2D eigenvalue weighted by molar-refractivity contribution is -0.237. The van der Waals surface area contributed by atoms with Crippen LogP contribution in [0.5, 0.6) is 0 Å². The third-order valence-electron chi connectivity index (χ3n) is 4.28. The molecule has 0 bridgehead atoms. The molecule has 0 spiro atoms. The smallest absolute Gasteiger partial charge is 0.303 e. The summed E-state index contributed by atoms with van der Waals surface area (Å²) in [5.74, 6) is -1.82. The number of hydrogen-bond donors (Lipinski definition) is 1. The number of thioether (sulfide) groups is 1. The van der Waals surface area contributed by atoms with Gasteiger partial charge in [0.1, 0.15) is 18.1 Å². The first-order valence-corrected chi connectivity index (χ1v) is 11.2. The highest BCUT2D eigenvalue weighted by Gasteiger charge is 2.52. The summed E-state index contributed by atoms with van der Waals surface area (Å²) in [6.45, 7) is 4.73. The van der Waals surface area contributed by atoms with Gasteiger partial charge in [0.15, 0.2) is 18.3 Å². The van der Waals surface area contributed by atoms with Crippen LogP contribution in [0.1, 0.15) is 53.4 Å². The standard InChI is InChI=1S/C20H32O10S/c1-12(22)26-11-16-17(27-13(2)23)18(28-14(3)24)19(29-15(4)25)20(30-16)31-10-8-6-5-7-9-21/h16-21H,5-11H2,1-4H3/t16-,17+,18+,19-,20+/m1/s1. The van der Waals surface area contributed by atoms with Gasteiger partial charge in [-0.3, -0.25) is 19.2 Å². The lowest BCUT2D eigenvalue weighted by Crippen LogP contribution is -2.61. The van der Waals surface area contributed by atoms with Crippen LogP contribution in [0, 0.1) is 0 Å². The Bertz CT molecular complexity index is 611. The molecule has 11 heteroatoms. The van der Waals surface area contributed by atoms with Crippen LogP contribution in [0.2, 0.25) is 0 Å². The van der Waals surface area contributed by atoms with Gasteiger partial charge in [-0.15, -0.1) is 11.8 Å². The number of aliphatic hydroxyl groups is 1. The average Bonchev–Trinajstić information content (AvgIpc) is 2.66. The van der Waals surface area contributed by atoms with E-state index in [1.165, 1.54) is 39.5 Å². The van der Waals surface area contributed by atoms with E-state index in [0.717, 1.165) is 25.7 Å². The lowest BCUT2D eigenvalue weighted by atomic mass is 9.99. The summed E-state index contributed by atoms with van der Waals surface area (Å²) in [5.41, 5.74) is -0.738. The van der Waals surface area contributed by atoms with Crippen molar-refractivity contribution in [3.63, 3.8) is 0 Å². The van der Waals surface area contributed by atoms with Gasteiger partial charge < -0.3 is 28.8 Å². The Labute approximate surface area is 186 Å². The van der Waals surface area contributed by atoms with Crippen LogP contribution >= 0.6 is 11.8 Å². The molecule has 0 aliphatic carbocycles. The van der Waals surface area contributed by atoms with Crippen molar-refractivity contribution in [2.24, 2.45) is 0 Å². The van der Waals surface area contributed by atoms with Gasteiger partial charge in [0.25, 0.3) is 0 Å². The first kappa shape index (κ1) is 27.2. The molecule has 0 aromatic heterocycles. The Morgan fingerprint density at radius 2 is 1.32 bits per heavy atom. The third-order valence-corrected chi connectivity index (χ3v) is 5.52. The molecule has 1 heterocycles. The van der Waals surface area contributed by atoms with Crippen molar-refractivity contribution in [2.45, 2.75) is 83.2 Å². The summed E-state index contributed by atoms with van der Waals surface area (Å²) in [6, 6.07) is 0. The summed E-state index contributed by atoms with van der Waals surface area (Å²) in [4.78, 5) is 46.5. The van der Waals surface area contributed by atoms with Crippen molar-refractivity contribution in [3.05, 3.63) is 0 Å². The summed E-state index contributed by atoms with van der Waals surface area (Å²) < 4.78 is 27.2. The van der Waals surface area contributed by atoms with E-state index in [1.807, 2.05) is 0 Å². The first-order chi connectivity index (χ1) is 14.6. The molecule has 0 amide bonds. The second-order valence-electron chi connectivity index (χ2n) is 7.08. The van der Waals surface area contributed by atoms with Gasteiger partial charge in [0, 0.05) is 34.3 Å². The van der Waals surface area contributed by atoms with Crippen LogP contribution in [0.25, 0.3) is 0 Å². The summed E-state index contributed by atoms with van der Waals surface area (Å²) >= 11 is 1.36. The molecule has 0 unspecified atom stereocenters. The van der Waals surface area contributed by atoms with Crippen LogP contribution in [0.4, 0.5) is 0 Å². The molecule has 1 aliphatic rings. The Kier molecular flexibility index (Phi) is 12.5. The Morgan fingerprint density at radius 1 is 0.774 bits per heavy atom. The van der Waals surface area contributed by atoms with Crippen LogP contribution in [-0.4, -0.2) is 77.8 Å². The average molecular weight is 465 g/mol. The van der Waals surface area contributed by atoms with E-state index in [1.54, 1.807) is 0 Å². The topological polar surface area (TPSA) is 135 Å². The molecule has 5 atom stereocenters. The van der Waals surface area contributed by atoms with Gasteiger partial charge in [0.2, 0.25) is 0 Å². The molecule has 0 aromatic rings. The number of rotatable bonds is 12. The molecule has 0 aromatic carbocycles. The quantitative estimate of drug-likeness (QED) is 0.255. The first-order valence-electron chi connectivity index (χ1n) is 10.2. The minimum Gasteiger partial charge on any atom is -0.463 e.